The van der Waals surface area contributed by atoms with Crippen LogP contribution in [0.4, 0.5) is 0 Å². The van der Waals surface area contributed by atoms with Crippen molar-refractivity contribution in [2.24, 2.45) is 0 Å². The Hall–Kier alpha value is -0.643. The van der Waals surface area contributed by atoms with Crippen molar-refractivity contribution in [3.8, 4) is 0 Å². The molecule has 1 rings (SSSR count). The fraction of sp³-hybridized carbons (Fsp3) is 0.625. The first kappa shape index (κ1) is 16.4. The topological polar surface area (TPSA) is 29.5 Å². The molecule has 108 valence electrons. The molecule has 1 aromatic rings. The number of hydrogen-bond acceptors (Lipinski definition) is 2. The summed E-state index contributed by atoms with van der Waals surface area (Å²) in [6, 6.07) is 13.1. The quantitative estimate of drug-likeness (QED) is 0.754. The van der Waals surface area contributed by atoms with Crippen LogP contribution < -0.4 is 0 Å². The Balaban J connectivity index is 2.90. The van der Waals surface area contributed by atoms with Crippen LogP contribution in [0.15, 0.2) is 30.3 Å². The lowest BCUT2D eigenvalue weighted by molar-refractivity contribution is -0.0492. The SMILES string of the molecule is CC[Si](CC)(CC)O[C@H](C)[C@@](C)(O)c1ccccc1. The molecule has 0 aliphatic carbocycles. The monoisotopic (exact) mass is 280 g/mol. The van der Waals surface area contributed by atoms with E-state index in [4.69, 9.17) is 4.43 Å². The van der Waals surface area contributed by atoms with Gasteiger partial charge in [0.25, 0.3) is 0 Å². The molecule has 0 saturated heterocycles. The number of aliphatic hydroxyl groups is 1. The van der Waals surface area contributed by atoms with Crippen LogP contribution in [0.1, 0.15) is 40.2 Å². The maximum Gasteiger partial charge on any atom is 0.192 e. The molecule has 0 radical (unpaired) electrons. The molecule has 1 N–H and O–H groups in total. The number of rotatable bonds is 7. The van der Waals surface area contributed by atoms with Crippen molar-refractivity contribution in [3.05, 3.63) is 35.9 Å². The third kappa shape index (κ3) is 3.68. The van der Waals surface area contributed by atoms with Crippen LogP contribution in [0.2, 0.25) is 18.1 Å². The summed E-state index contributed by atoms with van der Waals surface area (Å²) >= 11 is 0. The Morgan fingerprint density at radius 1 is 1.11 bits per heavy atom. The van der Waals surface area contributed by atoms with Crippen LogP contribution in [-0.4, -0.2) is 19.5 Å². The first-order valence-corrected chi connectivity index (χ1v) is 9.90. The van der Waals surface area contributed by atoms with Gasteiger partial charge >= 0.3 is 0 Å². The standard InChI is InChI=1S/C16H28O2Si/c1-6-19(7-2,8-3)18-14(4)16(5,17)15-12-10-9-11-13-15/h9-14,17H,6-8H2,1-5H3/t14-,16-/m1/s1. The summed E-state index contributed by atoms with van der Waals surface area (Å²) < 4.78 is 6.39. The molecular formula is C16H28O2Si. The van der Waals surface area contributed by atoms with E-state index in [1.807, 2.05) is 44.2 Å². The van der Waals surface area contributed by atoms with Gasteiger partial charge in [0.15, 0.2) is 8.32 Å². The van der Waals surface area contributed by atoms with Crippen LogP contribution in [0, 0.1) is 0 Å². The molecule has 2 atom stereocenters. The van der Waals surface area contributed by atoms with Gasteiger partial charge in [-0.25, -0.2) is 0 Å². The van der Waals surface area contributed by atoms with Crippen LogP contribution in [0.3, 0.4) is 0 Å². The fourth-order valence-corrected chi connectivity index (χ4v) is 5.48. The van der Waals surface area contributed by atoms with Crippen molar-refractivity contribution in [3.63, 3.8) is 0 Å². The predicted octanol–water partition coefficient (Wildman–Crippen LogP) is 4.30. The summed E-state index contributed by atoms with van der Waals surface area (Å²) in [5, 5.41) is 10.8. The molecule has 0 aromatic heterocycles. The summed E-state index contributed by atoms with van der Waals surface area (Å²) in [5.41, 5.74) is -0.00680. The van der Waals surface area contributed by atoms with E-state index in [9.17, 15) is 5.11 Å². The molecule has 0 spiro atoms. The first-order chi connectivity index (χ1) is 8.91. The largest absolute Gasteiger partial charge is 0.411 e. The lowest BCUT2D eigenvalue weighted by Gasteiger charge is -2.38. The van der Waals surface area contributed by atoms with Crippen LogP contribution in [-0.2, 0) is 10.0 Å². The molecular weight excluding hydrogens is 252 g/mol. The van der Waals surface area contributed by atoms with Gasteiger partial charge in [0.05, 0.1) is 6.10 Å². The molecule has 0 bridgehead atoms. The van der Waals surface area contributed by atoms with E-state index in [2.05, 4.69) is 20.8 Å². The first-order valence-electron chi connectivity index (χ1n) is 7.37. The van der Waals surface area contributed by atoms with E-state index in [1.54, 1.807) is 0 Å². The second kappa shape index (κ2) is 6.68. The summed E-state index contributed by atoms with van der Waals surface area (Å²) in [7, 11) is -1.68. The van der Waals surface area contributed by atoms with Gasteiger partial charge in [-0.2, -0.15) is 0 Å². The van der Waals surface area contributed by atoms with E-state index in [1.165, 1.54) is 0 Å². The third-order valence-corrected chi connectivity index (χ3v) is 9.23. The Kier molecular flexibility index (Phi) is 5.77. The average Bonchev–Trinajstić information content (AvgIpc) is 2.45. The normalized spacial score (nSPS) is 16.9. The predicted molar refractivity (Wildman–Crippen MR) is 83.8 cm³/mol. The zero-order chi connectivity index (χ0) is 14.5. The molecule has 0 unspecified atom stereocenters. The maximum absolute atomic E-state index is 10.8. The van der Waals surface area contributed by atoms with E-state index in [0.717, 1.165) is 23.7 Å². The number of benzene rings is 1. The molecule has 1 aromatic carbocycles. The maximum atomic E-state index is 10.8. The molecule has 2 nitrogen and oxygen atoms in total. The second-order valence-corrected chi connectivity index (χ2v) is 10.2. The summed E-state index contributed by atoms with van der Waals surface area (Å²) in [6.07, 6.45) is -0.179. The van der Waals surface area contributed by atoms with Crippen LogP contribution in [0.5, 0.6) is 0 Å². The van der Waals surface area contributed by atoms with Crippen molar-refractivity contribution in [1.29, 1.82) is 0 Å². The third-order valence-electron chi connectivity index (χ3n) is 4.51. The smallest absolute Gasteiger partial charge is 0.192 e. The van der Waals surface area contributed by atoms with Gasteiger partial charge in [-0.15, -0.1) is 0 Å². The van der Waals surface area contributed by atoms with Crippen molar-refractivity contribution >= 4 is 8.32 Å². The Morgan fingerprint density at radius 2 is 1.58 bits per heavy atom. The van der Waals surface area contributed by atoms with Gasteiger partial charge in [-0.05, 0) is 37.5 Å². The minimum atomic E-state index is -1.68. The van der Waals surface area contributed by atoms with Gasteiger partial charge < -0.3 is 9.53 Å². The van der Waals surface area contributed by atoms with Crippen molar-refractivity contribution in [1.82, 2.24) is 0 Å². The lowest BCUT2D eigenvalue weighted by Crippen LogP contribution is -2.46. The molecule has 3 heteroatoms. The molecule has 0 amide bonds. The van der Waals surface area contributed by atoms with E-state index < -0.39 is 13.9 Å². The minimum Gasteiger partial charge on any atom is -0.411 e. The highest BCUT2D eigenvalue weighted by Crippen LogP contribution is 2.32. The zero-order valence-electron chi connectivity index (χ0n) is 12.9. The van der Waals surface area contributed by atoms with Gasteiger partial charge in [0.2, 0.25) is 0 Å². The molecule has 0 aliphatic rings. The Morgan fingerprint density at radius 3 is 2.00 bits per heavy atom. The van der Waals surface area contributed by atoms with Crippen LogP contribution >= 0.6 is 0 Å². The molecule has 0 saturated carbocycles. The van der Waals surface area contributed by atoms with Gasteiger partial charge in [-0.1, -0.05) is 51.1 Å². The highest BCUT2D eigenvalue weighted by Gasteiger charge is 2.38. The summed E-state index contributed by atoms with van der Waals surface area (Å²) in [5.74, 6) is 0. The second-order valence-electron chi connectivity index (χ2n) is 5.52. The van der Waals surface area contributed by atoms with Gasteiger partial charge in [0, 0.05) is 0 Å². The van der Waals surface area contributed by atoms with Crippen molar-refractivity contribution in [2.75, 3.05) is 0 Å². The molecule has 0 aliphatic heterocycles. The fourth-order valence-electron chi connectivity index (χ4n) is 2.50. The summed E-state index contributed by atoms with van der Waals surface area (Å²) in [6.45, 7) is 10.5. The van der Waals surface area contributed by atoms with Crippen LogP contribution in [0.25, 0.3) is 0 Å². The molecule has 0 fully saturated rings. The van der Waals surface area contributed by atoms with Crippen molar-refractivity contribution in [2.45, 2.75) is 64.5 Å². The average molecular weight is 280 g/mol. The summed E-state index contributed by atoms with van der Waals surface area (Å²) in [4.78, 5) is 0. The Labute approximate surface area is 118 Å². The van der Waals surface area contributed by atoms with Gasteiger partial charge in [0.1, 0.15) is 5.60 Å². The minimum absolute atomic E-state index is 0.179. The van der Waals surface area contributed by atoms with E-state index in [-0.39, 0.29) is 6.10 Å². The van der Waals surface area contributed by atoms with E-state index in [0.29, 0.717) is 0 Å². The highest BCUT2D eigenvalue weighted by molar-refractivity contribution is 6.73. The Bertz CT molecular complexity index is 363. The zero-order valence-corrected chi connectivity index (χ0v) is 13.9. The van der Waals surface area contributed by atoms with Crippen molar-refractivity contribution < 1.29 is 9.53 Å². The van der Waals surface area contributed by atoms with E-state index >= 15 is 0 Å². The lowest BCUT2D eigenvalue weighted by atomic mass is 9.91. The highest BCUT2D eigenvalue weighted by atomic mass is 28.4. The van der Waals surface area contributed by atoms with Gasteiger partial charge in [-0.3, -0.25) is 0 Å². The molecule has 19 heavy (non-hydrogen) atoms. The molecule has 0 heterocycles. The number of hydrogen-bond donors (Lipinski definition) is 1.